The molecular formula is C27H44O6. The van der Waals surface area contributed by atoms with Crippen molar-refractivity contribution in [3.8, 4) is 0 Å². The predicted molar refractivity (Wildman–Crippen MR) is 122 cm³/mol. The van der Waals surface area contributed by atoms with Crippen molar-refractivity contribution in [1.82, 2.24) is 0 Å². The van der Waals surface area contributed by atoms with Gasteiger partial charge in [-0.2, -0.15) is 0 Å². The van der Waals surface area contributed by atoms with Gasteiger partial charge < -0.3 is 29.9 Å². The molecule has 0 aromatic carbocycles. The molecule has 0 unspecified atom stereocenters. The first-order valence-electron chi connectivity index (χ1n) is 13.6. The van der Waals surface area contributed by atoms with Gasteiger partial charge in [-0.1, -0.05) is 27.7 Å². The smallest absolute Gasteiger partial charge is 0.171 e. The molecule has 1 spiro atoms. The highest BCUT2D eigenvalue weighted by molar-refractivity contribution is 5.21. The standard InChI is InChI=1S/C27H44O6/c1-14-5-10-27(32-13-14)15(2)22-20(33-27)11-18-16-6-9-26(31)23(30)19(28)12-21(29)25(26,4)17(16)7-8-24(18,22)3/h14-23,28-31H,5-13H2,1-4H3/t14-,15+,16-,17+,18-,19+,20+,21-,22+,23+,24+,25+,26+,27-/m1/s1. The highest BCUT2D eigenvalue weighted by Crippen LogP contribution is 2.71. The predicted octanol–water partition coefficient (Wildman–Crippen LogP) is 2.85. The van der Waals surface area contributed by atoms with Crippen molar-refractivity contribution in [3.63, 3.8) is 0 Å². The van der Waals surface area contributed by atoms with E-state index in [1.807, 2.05) is 6.92 Å². The molecule has 2 saturated heterocycles. The van der Waals surface area contributed by atoms with Crippen LogP contribution in [0.1, 0.15) is 79.1 Å². The van der Waals surface area contributed by atoms with Crippen molar-refractivity contribution in [2.24, 2.45) is 46.3 Å². The van der Waals surface area contributed by atoms with Gasteiger partial charge in [-0.05, 0) is 73.5 Å². The van der Waals surface area contributed by atoms with E-state index in [1.54, 1.807) is 0 Å². The maximum absolute atomic E-state index is 11.7. The lowest BCUT2D eigenvalue weighted by Crippen LogP contribution is -2.73. The summed E-state index contributed by atoms with van der Waals surface area (Å²) < 4.78 is 13.2. The molecule has 6 rings (SSSR count). The molecule has 4 aliphatic carbocycles. The van der Waals surface area contributed by atoms with Gasteiger partial charge in [-0.25, -0.2) is 0 Å². The lowest BCUT2D eigenvalue weighted by molar-refractivity contribution is -0.301. The third kappa shape index (κ3) is 2.72. The quantitative estimate of drug-likeness (QED) is 0.440. The molecule has 0 bridgehead atoms. The molecule has 6 nitrogen and oxygen atoms in total. The highest BCUT2D eigenvalue weighted by Gasteiger charge is 2.73. The SMILES string of the molecule is C[C@@H]1CC[C@@]2(OC1)O[C@H]1C[C@@H]3[C@@H]4CC[C@]5(O)[C@@H](O)[C@@H](O)C[C@@H](O)[C@]5(C)[C@H]4CC[C@]3(C)[C@H]1[C@@H]2C. The molecule has 0 aromatic heterocycles. The van der Waals surface area contributed by atoms with Crippen molar-refractivity contribution in [1.29, 1.82) is 0 Å². The van der Waals surface area contributed by atoms with Crippen LogP contribution in [0.5, 0.6) is 0 Å². The molecule has 4 saturated carbocycles. The summed E-state index contributed by atoms with van der Waals surface area (Å²) in [5, 5.41) is 44.0. The third-order valence-corrected chi connectivity index (χ3v) is 12.3. The highest BCUT2D eigenvalue weighted by atomic mass is 16.7. The Morgan fingerprint density at radius 3 is 2.33 bits per heavy atom. The number of hydrogen-bond acceptors (Lipinski definition) is 6. The minimum absolute atomic E-state index is 0.134. The molecule has 2 heterocycles. The van der Waals surface area contributed by atoms with Crippen LogP contribution in [0.15, 0.2) is 0 Å². The van der Waals surface area contributed by atoms with Crippen LogP contribution >= 0.6 is 0 Å². The number of ether oxygens (including phenoxy) is 2. The number of hydrogen-bond donors (Lipinski definition) is 4. The topological polar surface area (TPSA) is 99.4 Å². The summed E-state index contributed by atoms with van der Waals surface area (Å²) in [6.45, 7) is 9.85. The zero-order chi connectivity index (χ0) is 23.6. The van der Waals surface area contributed by atoms with Gasteiger partial charge in [0.15, 0.2) is 5.79 Å². The fourth-order valence-corrected chi connectivity index (χ4v) is 10.4. The van der Waals surface area contributed by atoms with Crippen LogP contribution in [0.3, 0.4) is 0 Å². The molecular weight excluding hydrogens is 420 g/mol. The summed E-state index contributed by atoms with van der Waals surface area (Å²) in [4.78, 5) is 0. The molecule has 188 valence electrons. The Morgan fingerprint density at radius 2 is 1.64 bits per heavy atom. The van der Waals surface area contributed by atoms with Crippen LogP contribution in [-0.2, 0) is 9.47 Å². The van der Waals surface area contributed by atoms with Crippen LogP contribution in [0.25, 0.3) is 0 Å². The monoisotopic (exact) mass is 464 g/mol. The van der Waals surface area contributed by atoms with E-state index in [2.05, 4.69) is 20.8 Å². The normalized spacial score (nSPS) is 64.7. The van der Waals surface area contributed by atoms with E-state index < -0.39 is 35.1 Å². The first kappa shape index (κ1) is 23.2. The van der Waals surface area contributed by atoms with Crippen molar-refractivity contribution in [3.05, 3.63) is 0 Å². The molecule has 6 aliphatic rings. The summed E-state index contributed by atoms with van der Waals surface area (Å²) in [5.41, 5.74) is -2.07. The van der Waals surface area contributed by atoms with Gasteiger partial charge in [-0.15, -0.1) is 0 Å². The molecule has 0 amide bonds. The van der Waals surface area contributed by atoms with E-state index in [-0.39, 0.29) is 23.9 Å². The van der Waals surface area contributed by atoms with E-state index in [4.69, 9.17) is 9.47 Å². The molecule has 0 radical (unpaired) electrons. The minimum atomic E-state index is -1.44. The van der Waals surface area contributed by atoms with Crippen LogP contribution in [0.4, 0.5) is 0 Å². The second-order valence-corrected chi connectivity index (χ2v) is 13.4. The molecule has 33 heavy (non-hydrogen) atoms. The summed E-state index contributed by atoms with van der Waals surface area (Å²) in [6, 6.07) is 0. The fraction of sp³-hybridized carbons (Fsp3) is 1.00. The van der Waals surface area contributed by atoms with Crippen molar-refractivity contribution >= 4 is 0 Å². The van der Waals surface area contributed by atoms with Crippen LogP contribution in [-0.4, -0.2) is 62.8 Å². The number of aliphatic hydroxyl groups excluding tert-OH is 3. The summed E-state index contributed by atoms with van der Waals surface area (Å²) in [6.07, 6.45) is 3.73. The number of fused-ring (bicyclic) bond motifs is 7. The molecule has 2 aliphatic heterocycles. The Balaban J connectivity index is 1.30. The zero-order valence-electron chi connectivity index (χ0n) is 20.7. The van der Waals surface area contributed by atoms with Gasteiger partial charge in [0.2, 0.25) is 0 Å². The Labute approximate surface area is 198 Å². The first-order chi connectivity index (χ1) is 15.5. The summed E-state index contributed by atoms with van der Waals surface area (Å²) >= 11 is 0. The lowest BCUT2D eigenvalue weighted by atomic mass is 9.41. The first-order valence-corrected chi connectivity index (χ1v) is 13.6. The molecule has 6 heteroatoms. The van der Waals surface area contributed by atoms with Gasteiger partial charge in [0.05, 0.1) is 24.9 Å². The van der Waals surface area contributed by atoms with Crippen molar-refractivity contribution in [2.45, 2.75) is 115 Å². The minimum Gasteiger partial charge on any atom is -0.392 e. The van der Waals surface area contributed by atoms with Crippen molar-refractivity contribution < 1.29 is 29.9 Å². The van der Waals surface area contributed by atoms with Gasteiger partial charge in [0.25, 0.3) is 0 Å². The Kier molecular flexibility index (Phi) is 5.03. The van der Waals surface area contributed by atoms with Gasteiger partial charge >= 0.3 is 0 Å². The van der Waals surface area contributed by atoms with Crippen LogP contribution in [0.2, 0.25) is 0 Å². The fourth-order valence-electron chi connectivity index (χ4n) is 10.4. The Morgan fingerprint density at radius 1 is 0.879 bits per heavy atom. The summed E-state index contributed by atoms with van der Waals surface area (Å²) in [7, 11) is 0. The average molecular weight is 465 g/mol. The summed E-state index contributed by atoms with van der Waals surface area (Å²) in [5.74, 6) is 2.07. The van der Waals surface area contributed by atoms with Gasteiger partial charge in [-0.3, -0.25) is 0 Å². The maximum atomic E-state index is 11.7. The number of rotatable bonds is 0. The number of aliphatic hydroxyl groups is 4. The van der Waals surface area contributed by atoms with Crippen LogP contribution in [0, 0.1) is 46.3 Å². The van der Waals surface area contributed by atoms with Crippen molar-refractivity contribution in [2.75, 3.05) is 6.61 Å². The average Bonchev–Trinajstić information content (AvgIpc) is 3.22. The molecule has 0 aromatic rings. The van der Waals surface area contributed by atoms with Crippen LogP contribution < -0.4 is 0 Å². The van der Waals surface area contributed by atoms with E-state index in [1.165, 1.54) is 0 Å². The van der Waals surface area contributed by atoms with E-state index in [9.17, 15) is 20.4 Å². The molecule has 14 atom stereocenters. The van der Waals surface area contributed by atoms with E-state index >= 15 is 0 Å². The lowest BCUT2D eigenvalue weighted by Gasteiger charge is -2.66. The van der Waals surface area contributed by atoms with Gasteiger partial charge in [0.1, 0.15) is 11.7 Å². The zero-order valence-corrected chi connectivity index (χ0v) is 20.7. The maximum Gasteiger partial charge on any atom is 0.171 e. The van der Waals surface area contributed by atoms with E-state index in [0.29, 0.717) is 36.0 Å². The largest absolute Gasteiger partial charge is 0.392 e. The second kappa shape index (κ2) is 7.17. The second-order valence-electron chi connectivity index (χ2n) is 13.4. The third-order valence-electron chi connectivity index (χ3n) is 12.3. The Hall–Kier alpha value is -0.240. The van der Waals surface area contributed by atoms with E-state index in [0.717, 1.165) is 45.1 Å². The van der Waals surface area contributed by atoms with Gasteiger partial charge in [0, 0.05) is 24.2 Å². The molecule has 6 fully saturated rings. The molecule has 4 N–H and O–H groups in total. The Bertz CT molecular complexity index is 795.